The van der Waals surface area contributed by atoms with Gasteiger partial charge in [-0.05, 0) is 72.7 Å². The maximum absolute atomic E-state index is 13.2. The normalized spacial score (nSPS) is 18.5. The number of aromatic hydroxyl groups is 1. The van der Waals surface area contributed by atoms with Crippen LogP contribution >= 0.6 is 0 Å². The van der Waals surface area contributed by atoms with Gasteiger partial charge in [0.25, 0.3) is 0 Å². The van der Waals surface area contributed by atoms with Crippen LogP contribution in [0, 0.1) is 0 Å². The van der Waals surface area contributed by atoms with Gasteiger partial charge < -0.3 is 19.3 Å². The first-order valence-electron chi connectivity index (χ1n) is 14.4. The Morgan fingerprint density at radius 3 is 2.10 bits per heavy atom. The largest absolute Gasteiger partial charge is 0.508 e. The van der Waals surface area contributed by atoms with Crippen molar-refractivity contribution in [2.75, 3.05) is 29.5 Å². The van der Waals surface area contributed by atoms with Crippen LogP contribution in [0.2, 0.25) is 0 Å². The number of phenolic OH excluding ortho intramolecular Hbond substituents is 1. The van der Waals surface area contributed by atoms with E-state index in [0.29, 0.717) is 32.4 Å². The van der Waals surface area contributed by atoms with E-state index in [-0.39, 0.29) is 24.6 Å². The molecule has 0 spiro atoms. The number of rotatable bonds is 10. The number of carbonyl (C=O) groups is 2. The molecule has 1 N–H and O–H groups in total. The third-order valence-corrected chi connectivity index (χ3v) is 7.70. The summed E-state index contributed by atoms with van der Waals surface area (Å²) in [5, 5.41) is 10.4. The van der Waals surface area contributed by atoms with Crippen LogP contribution in [0.1, 0.15) is 55.5 Å². The maximum Gasteiger partial charge on any atom is 0.414 e. The van der Waals surface area contributed by atoms with E-state index in [1.807, 2.05) is 70.2 Å². The Labute approximate surface area is 241 Å². The van der Waals surface area contributed by atoms with Crippen molar-refractivity contribution in [3.8, 4) is 11.5 Å². The summed E-state index contributed by atoms with van der Waals surface area (Å²) in [7, 11) is 0. The van der Waals surface area contributed by atoms with Gasteiger partial charge >= 0.3 is 12.2 Å². The highest BCUT2D eigenvalue weighted by atomic mass is 16.6. The summed E-state index contributed by atoms with van der Waals surface area (Å²) in [6, 6.07) is 17.5. The van der Waals surface area contributed by atoms with Crippen molar-refractivity contribution in [2.45, 2.75) is 65.6 Å². The summed E-state index contributed by atoms with van der Waals surface area (Å²) in [4.78, 5) is 29.1. The van der Waals surface area contributed by atoms with E-state index in [0.717, 1.165) is 51.4 Å². The Morgan fingerprint density at radius 1 is 0.829 bits per heavy atom. The van der Waals surface area contributed by atoms with Crippen LogP contribution in [0.15, 0.2) is 54.6 Å². The SMILES string of the molecule is CCc1cc(N2CC(C)OC2=O)c(CC)c(N2CC(COc3c(CC)cc(O)cc3Cc3ccccc3)OC2=O)c1. The summed E-state index contributed by atoms with van der Waals surface area (Å²) >= 11 is 0. The van der Waals surface area contributed by atoms with E-state index in [9.17, 15) is 14.7 Å². The van der Waals surface area contributed by atoms with Crippen LogP contribution in [0.3, 0.4) is 0 Å². The summed E-state index contributed by atoms with van der Waals surface area (Å²) in [5.74, 6) is 0.920. The van der Waals surface area contributed by atoms with Crippen LogP contribution in [0.25, 0.3) is 0 Å². The summed E-state index contributed by atoms with van der Waals surface area (Å²) < 4.78 is 17.5. The van der Waals surface area contributed by atoms with E-state index in [1.165, 1.54) is 0 Å². The monoisotopic (exact) mass is 558 g/mol. The minimum absolute atomic E-state index is 0.180. The first-order chi connectivity index (χ1) is 19.8. The van der Waals surface area contributed by atoms with Crippen molar-refractivity contribution in [1.29, 1.82) is 0 Å². The second-order valence-corrected chi connectivity index (χ2v) is 10.7. The number of cyclic esters (lactones) is 2. The highest BCUT2D eigenvalue weighted by molar-refractivity contribution is 5.96. The molecule has 0 bridgehead atoms. The highest BCUT2D eigenvalue weighted by Crippen LogP contribution is 2.37. The van der Waals surface area contributed by atoms with Crippen LogP contribution in [0.5, 0.6) is 11.5 Å². The first kappa shape index (κ1) is 28.3. The minimum atomic E-state index is -0.485. The van der Waals surface area contributed by atoms with E-state index in [2.05, 4.69) is 0 Å². The molecule has 2 heterocycles. The van der Waals surface area contributed by atoms with E-state index in [4.69, 9.17) is 14.2 Å². The van der Waals surface area contributed by atoms with Crippen LogP contribution < -0.4 is 14.5 Å². The fourth-order valence-electron chi connectivity index (χ4n) is 5.66. The van der Waals surface area contributed by atoms with Crippen LogP contribution in [0.4, 0.5) is 21.0 Å². The van der Waals surface area contributed by atoms with Crippen molar-refractivity contribution in [1.82, 2.24) is 0 Å². The second-order valence-electron chi connectivity index (χ2n) is 10.7. The molecule has 0 saturated carbocycles. The molecule has 3 aromatic rings. The lowest BCUT2D eigenvalue weighted by molar-refractivity contribution is 0.104. The van der Waals surface area contributed by atoms with Crippen LogP contribution in [-0.2, 0) is 35.2 Å². The van der Waals surface area contributed by atoms with Gasteiger partial charge in [0.15, 0.2) is 6.10 Å². The quantitative estimate of drug-likeness (QED) is 0.309. The molecule has 2 aliphatic heterocycles. The molecule has 3 aromatic carbocycles. The molecule has 2 aliphatic rings. The summed E-state index contributed by atoms with van der Waals surface area (Å²) in [6.45, 7) is 8.94. The zero-order valence-electron chi connectivity index (χ0n) is 24.2. The van der Waals surface area contributed by atoms with Crippen molar-refractivity contribution < 1.29 is 28.9 Å². The van der Waals surface area contributed by atoms with E-state index < -0.39 is 12.2 Å². The molecule has 8 nitrogen and oxygen atoms in total. The number of hydrogen-bond acceptors (Lipinski definition) is 6. The third kappa shape index (κ3) is 5.97. The van der Waals surface area contributed by atoms with Gasteiger partial charge in [0, 0.05) is 12.0 Å². The zero-order valence-corrected chi connectivity index (χ0v) is 24.2. The number of anilines is 2. The number of nitrogens with zero attached hydrogens (tertiary/aromatic N) is 2. The van der Waals surface area contributed by atoms with E-state index in [1.54, 1.807) is 21.9 Å². The van der Waals surface area contributed by atoms with Gasteiger partial charge in [-0.1, -0.05) is 51.1 Å². The van der Waals surface area contributed by atoms with Gasteiger partial charge in [0.2, 0.25) is 0 Å². The van der Waals surface area contributed by atoms with Crippen molar-refractivity contribution in [3.63, 3.8) is 0 Å². The number of ether oxygens (including phenoxy) is 3. The zero-order chi connectivity index (χ0) is 29.1. The molecule has 0 aliphatic carbocycles. The average molecular weight is 559 g/mol. The third-order valence-electron chi connectivity index (χ3n) is 7.70. The van der Waals surface area contributed by atoms with Gasteiger partial charge in [0.1, 0.15) is 24.2 Å². The first-order valence-corrected chi connectivity index (χ1v) is 14.4. The molecule has 2 atom stereocenters. The van der Waals surface area contributed by atoms with E-state index >= 15 is 0 Å². The predicted octanol–water partition coefficient (Wildman–Crippen LogP) is 6.42. The maximum atomic E-state index is 13.2. The molecule has 2 unspecified atom stereocenters. The Balaban J connectivity index is 1.39. The standard InChI is InChI=1S/C33H38N2O6/c1-5-22-14-29(34-18-21(4)40-32(34)37)28(7-3)30(15-22)35-19-27(41-33(35)38)20-39-31-24(6-2)16-26(36)17-25(31)13-23-11-9-8-10-12-23/h8-12,14-17,21,27,36H,5-7,13,18-20H2,1-4H3. The fraction of sp³-hybridized carbons (Fsp3) is 0.394. The number of carbonyl (C=O) groups excluding carboxylic acids is 2. The number of phenols is 1. The highest BCUT2D eigenvalue weighted by Gasteiger charge is 2.37. The van der Waals surface area contributed by atoms with Crippen molar-refractivity contribution in [2.24, 2.45) is 0 Å². The molecule has 41 heavy (non-hydrogen) atoms. The van der Waals surface area contributed by atoms with Crippen LogP contribution in [-0.4, -0.2) is 49.2 Å². The lowest BCUT2D eigenvalue weighted by atomic mass is 9.99. The summed E-state index contributed by atoms with van der Waals surface area (Å²) in [5.41, 5.74) is 6.36. The average Bonchev–Trinajstić information content (AvgIpc) is 3.51. The number of amides is 2. The van der Waals surface area contributed by atoms with Gasteiger partial charge in [-0.25, -0.2) is 9.59 Å². The number of aryl methyl sites for hydroxylation is 2. The molecule has 2 amide bonds. The molecular formula is C33H38N2O6. The van der Waals surface area contributed by atoms with Crippen molar-refractivity contribution in [3.05, 3.63) is 82.4 Å². The van der Waals surface area contributed by atoms with Gasteiger partial charge in [-0.15, -0.1) is 0 Å². The van der Waals surface area contributed by atoms with Gasteiger partial charge in [0.05, 0.1) is 24.5 Å². The minimum Gasteiger partial charge on any atom is -0.508 e. The van der Waals surface area contributed by atoms with Gasteiger partial charge in [-0.2, -0.15) is 0 Å². The Hall–Kier alpha value is -4.20. The number of benzene rings is 3. The Bertz CT molecular complexity index is 1420. The summed E-state index contributed by atoms with van der Waals surface area (Å²) in [6.07, 6.45) is 1.20. The van der Waals surface area contributed by atoms with Gasteiger partial charge in [-0.3, -0.25) is 9.80 Å². The molecule has 5 rings (SSSR count). The molecule has 8 heteroatoms. The molecule has 0 radical (unpaired) electrons. The smallest absolute Gasteiger partial charge is 0.414 e. The lowest BCUT2D eigenvalue weighted by Crippen LogP contribution is -2.30. The molecule has 0 aromatic heterocycles. The fourth-order valence-corrected chi connectivity index (χ4v) is 5.66. The lowest BCUT2D eigenvalue weighted by Gasteiger charge is -2.25. The van der Waals surface area contributed by atoms with Crippen molar-refractivity contribution >= 4 is 23.6 Å². The molecular weight excluding hydrogens is 520 g/mol. The molecule has 2 saturated heterocycles. The Kier molecular flexibility index (Phi) is 8.38. The number of hydrogen-bond donors (Lipinski definition) is 1. The Morgan fingerprint density at radius 2 is 1.49 bits per heavy atom. The molecule has 216 valence electrons. The molecule has 2 fully saturated rings. The predicted molar refractivity (Wildman–Crippen MR) is 158 cm³/mol. The topological polar surface area (TPSA) is 88.5 Å². The second kappa shape index (κ2) is 12.1.